The third-order valence-electron chi connectivity index (χ3n) is 5.07. The van der Waals surface area contributed by atoms with Crippen LogP contribution in [0, 0.1) is 11.8 Å². The second kappa shape index (κ2) is 4.06. The third kappa shape index (κ3) is 1.53. The largest absolute Gasteiger partial charge is 0.329 e. The first-order valence-corrected chi connectivity index (χ1v) is 6.72. The fourth-order valence-electron chi connectivity index (χ4n) is 3.75. The van der Waals surface area contributed by atoms with Crippen LogP contribution in [-0.4, -0.2) is 60.9 Å². The van der Waals surface area contributed by atoms with E-state index in [0.717, 1.165) is 0 Å². The summed E-state index contributed by atoms with van der Waals surface area (Å²) in [6.45, 7) is 0. The van der Waals surface area contributed by atoms with E-state index >= 15 is 0 Å². The average Bonchev–Trinajstić information content (AvgIpc) is 3.35. The summed E-state index contributed by atoms with van der Waals surface area (Å²) in [5.74, 6) is -11.6. The fraction of sp³-hybridized carbons (Fsp3) is 1.00. The number of hydrogen-bond donors (Lipinski definition) is 0. The van der Waals surface area contributed by atoms with E-state index in [1.165, 1.54) is 0 Å². The molecule has 0 aromatic heterocycles. The van der Waals surface area contributed by atoms with Crippen molar-refractivity contribution in [2.24, 2.45) is 11.8 Å². The zero-order valence-corrected chi connectivity index (χ0v) is 10.6. The van der Waals surface area contributed by atoms with Crippen LogP contribution in [0.4, 0.5) is 35.1 Å². The van der Waals surface area contributed by atoms with Crippen molar-refractivity contribution in [3.63, 3.8) is 0 Å². The van der Waals surface area contributed by atoms with Crippen LogP contribution in [0.5, 0.6) is 0 Å². The maximum absolute atomic E-state index is 14.1. The molecule has 4 rings (SSSR count). The van der Waals surface area contributed by atoms with E-state index in [1.54, 1.807) is 0 Å². The van der Waals surface area contributed by atoms with E-state index in [1.807, 2.05) is 0 Å². The first-order valence-electron chi connectivity index (χ1n) is 6.72. The molecule has 2 saturated carbocycles. The minimum atomic E-state index is -3.22. The molecule has 22 heavy (non-hydrogen) atoms. The summed E-state index contributed by atoms with van der Waals surface area (Å²) in [6.07, 6.45) is -20.9. The van der Waals surface area contributed by atoms with Crippen LogP contribution in [0.3, 0.4) is 0 Å². The minimum absolute atomic E-state index is 2.01. The molecule has 4 fully saturated rings. The molecule has 0 N–H and O–H groups in total. The van der Waals surface area contributed by atoms with Crippen molar-refractivity contribution in [2.45, 2.75) is 60.9 Å². The highest BCUT2D eigenvalue weighted by molar-refractivity contribution is 5.21. The second-order valence-corrected chi connectivity index (χ2v) is 6.21. The smallest absolute Gasteiger partial charge is 0.271 e. The van der Waals surface area contributed by atoms with E-state index < -0.39 is 72.8 Å². The van der Waals surface area contributed by atoms with Gasteiger partial charge in [0.15, 0.2) is 36.9 Å². The molecule has 4 aliphatic rings. The second-order valence-electron chi connectivity index (χ2n) is 6.21. The normalized spacial score (nSPS) is 69.8. The molecule has 12 unspecified atom stereocenters. The molecule has 0 aromatic rings. The Morgan fingerprint density at radius 1 is 0.545 bits per heavy atom. The lowest BCUT2D eigenvalue weighted by atomic mass is 9.68. The molecule has 0 radical (unpaired) electrons. The number of fused-ring (bicyclic) bond motifs is 2. The Kier molecular flexibility index (Phi) is 2.75. The highest BCUT2D eigenvalue weighted by Gasteiger charge is 2.81. The van der Waals surface area contributed by atoms with Crippen LogP contribution in [0.2, 0.25) is 0 Å². The van der Waals surface area contributed by atoms with E-state index in [0.29, 0.717) is 0 Å². The van der Waals surface area contributed by atoms with Gasteiger partial charge in [0.05, 0.1) is 0 Å². The van der Waals surface area contributed by atoms with Crippen molar-refractivity contribution in [1.82, 2.24) is 0 Å². The van der Waals surface area contributed by atoms with Gasteiger partial charge in [-0.3, -0.25) is 0 Å². The Morgan fingerprint density at radius 3 is 1.18 bits per heavy atom. The molecule has 0 bridgehead atoms. The number of halogens is 8. The highest BCUT2D eigenvalue weighted by Crippen LogP contribution is 2.61. The molecule has 10 heteroatoms. The molecule has 0 aromatic carbocycles. The molecule has 12 atom stereocenters. The molecular weight excluding hydrogens is 328 g/mol. The van der Waals surface area contributed by atoms with E-state index in [-0.39, 0.29) is 0 Å². The van der Waals surface area contributed by atoms with Gasteiger partial charge in [-0.25, -0.2) is 35.1 Å². The lowest BCUT2D eigenvalue weighted by Crippen LogP contribution is -2.60. The molecule has 2 aliphatic heterocycles. The van der Waals surface area contributed by atoms with Crippen molar-refractivity contribution in [2.75, 3.05) is 0 Å². The summed E-state index contributed by atoms with van der Waals surface area (Å²) < 4.78 is 119. The number of alkyl halides is 8. The predicted molar refractivity (Wildman–Crippen MR) is 53.8 cm³/mol. The molecule has 0 spiro atoms. The van der Waals surface area contributed by atoms with Gasteiger partial charge in [0.2, 0.25) is 0 Å². The number of epoxide rings is 2. The molecule has 0 amide bonds. The van der Waals surface area contributed by atoms with E-state index in [4.69, 9.17) is 0 Å². The van der Waals surface area contributed by atoms with Gasteiger partial charge in [-0.05, 0) is 0 Å². The zero-order chi connectivity index (χ0) is 16.2. The summed E-state index contributed by atoms with van der Waals surface area (Å²) in [5, 5.41) is 0. The molecule has 2 nitrogen and oxygen atoms in total. The van der Waals surface area contributed by atoms with Crippen LogP contribution in [-0.2, 0) is 9.47 Å². The first-order chi connectivity index (χ1) is 10.1. The topological polar surface area (TPSA) is 25.1 Å². The van der Waals surface area contributed by atoms with Gasteiger partial charge in [0, 0.05) is 11.8 Å². The predicted octanol–water partition coefficient (Wildman–Crippen LogP) is 2.40. The lowest BCUT2D eigenvalue weighted by molar-refractivity contribution is -0.132. The Hall–Kier alpha value is -0.640. The average molecular weight is 338 g/mol. The van der Waals surface area contributed by atoms with Crippen LogP contribution in [0.25, 0.3) is 0 Å². The van der Waals surface area contributed by atoms with Gasteiger partial charge in [-0.15, -0.1) is 0 Å². The van der Waals surface area contributed by atoms with Crippen molar-refractivity contribution < 1.29 is 44.6 Å². The Bertz CT molecular complexity index is 466. The van der Waals surface area contributed by atoms with Gasteiger partial charge in [0.1, 0.15) is 12.3 Å². The standard InChI is InChI=1S/C12H10F8O2/c13-3-1(7(17)11(19)9(21-11)5(3)15)2-4(14)6(16)10-12(20,22-10)8(2)18/h1-10H. The molecule has 2 saturated heterocycles. The fourth-order valence-corrected chi connectivity index (χ4v) is 3.75. The minimum Gasteiger partial charge on any atom is -0.329 e. The van der Waals surface area contributed by atoms with Gasteiger partial charge >= 0.3 is 0 Å². The summed E-state index contributed by atoms with van der Waals surface area (Å²) in [6, 6.07) is 0. The van der Waals surface area contributed by atoms with Gasteiger partial charge in [0.25, 0.3) is 11.7 Å². The van der Waals surface area contributed by atoms with Crippen LogP contribution in [0.1, 0.15) is 0 Å². The van der Waals surface area contributed by atoms with Crippen LogP contribution >= 0.6 is 0 Å². The third-order valence-corrected chi connectivity index (χ3v) is 5.07. The summed E-state index contributed by atoms with van der Waals surface area (Å²) >= 11 is 0. The monoisotopic (exact) mass is 338 g/mol. The van der Waals surface area contributed by atoms with E-state index in [2.05, 4.69) is 9.47 Å². The van der Waals surface area contributed by atoms with Crippen molar-refractivity contribution in [1.29, 1.82) is 0 Å². The van der Waals surface area contributed by atoms with Crippen molar-refractivity contribution in [3.8, 4) is 0 Å². The zero-order valence-electron chi connectivity index (χ0n) is 10.6. The Balaban J connectivity index is 1.69. The number of hydrogen-bond acceptors (Lipinski definition) is 2. The van der Waals surface area contributed by atoms with Crippen molar-refractivity contribution in [3.05, 3.63) is 0 Å². The molecule has 2 aliphatic carbocycles. The highest BCUT2D eigenvalue weighted by atomic mass is 19.2. The lowest BCUT2D eigenvalue weighted by Gasteiger charge is -2.41. The number of ether oxygens (including phenoxy) is 2. The molecular formula is C12H10F8O2. The Labute approximate surface area is 118 Å². The maximum atomic E-state index is 14.1. The van der Waals surface area contributed by atoms with Crippen molar-refractivity contribution >= 4 is 0 Å². The summed E-state index contributed by atoms with van der Waals surface area (Å²) in [5.41, 5.74) is 0. The molecule has 126 valence electrons. The van der Waals surface area contributed by atoms with E-state index in [9.17, 15) is 35.1 Å². The van der Waals surface area contributed by atoms with Gasteiger partial charge < -0.3 is 9.47 Å². The van der Waals surface area contributed by atoms with Crippen LogP contribution in [0.15, 0.2) is 0 Å². The van der Waals surface area contributed by atoms with Gasteiger partial charge in [-0.1, -0.05) is 0 Å². The number of rotatable bonds is 1. The quantitative estimate of drug-likeness (QED) is 0.542. The van der Waals surface area contributed by atoms with Crippen LogP contribution < -0.4 is 0 Å². The maximum Gasteiger partial charge on any atom is 0.271 e. The molecule has 2 heterocycles. The summed E-state index contributed by atoms with van der Waals surface area (Å²) in [4.78, 5) is 0. The SMILES string of the molecule is FC1C(F)C2OC2(F)C(F)C1C1C(F)C(F)C2OC2(F)C1F. The van der Waals surface area contributed by atoms with Gasteiger partial charge in [-0.2, -0.15) is 0 Å². The first kappa shape index (κ1) is 14.9. The summed E-state index contributed by atoms with van der Waals surface area (Å²) in [7, 11) is 0. The Morgan fingerprint density at radius 2 is 0.864 bits per heavy atom.